The molecule has 0 aliphatic carbocycles. The molecule has 1 radical (unpaired) electrons. The number of hydrogen-bond donors (Lipinski definition) is 1. The van der Waals surface area contributed by atoms with E-state index in [1.807, 2.05) is 6.07 Å². The van der Waals surface area contributed by atoms with Gasteiger partial charge in [0.25, 0.3) is 0 Å². The molecule has 1 aromatic rings. The second kappa shape index (κ2) is 2.52. The molecule has 0 saturated carbocycles. The Bertz CT molecular complexity index is 333. The van der Waals surface area contributed by atoms with E-state index in [4.69, 9.17) is 4.74 Å². The lowest BCUT2D eigenvalue weighted by Gasteiger charge is -2.04. The van der Waals surface area contributed by atoms with Gasteiger partial charge in [0.15, 0.2) is 5.75 Å². The summed E-state index contributed by atoms with van der Waals surface area (Å²) in [7, 11) is 1.57. The number of anilines is 1. The SMILES string of the molecule is COc1[c]ccc2c1NC(=O)C2. The van der Waals surface area contributed by atoms with Crippen LogP contribution in [0.25, 0.3) is 0 Å². The minimum absolute atomic E-state index is 0.0166. The molecule has 0 atom stereocenters. The van der Waals surface area contributed by atoms with Crippen molar-refractivity contribution in [3.8, 4) is 5.75 Å². The summed E-state index contributed by atoms with van der Waals surface area (Å²) in [5.74, 6) is 0.626. The Morgan fingerprint density at radius 2 is 2.50 bits per heavy atom. The first-order valence-electron chi connectivity index (χ1n) is 3.68. The minimum atomic E-state index is 0.0166. The maximum Gasteiger partial charge on any atom is 0.228 e. The standard InChI is InChI=1S/C9H8NO2/c1-12-7-4-2-3-6-5-8(11)10-9(6)7/h2-3H,5H2,1H3,(H,10,11). The number of nitrogens with one attached hydrogen (secondary N) is 1. The molecule has 3 heteroatoms. The number of benzene rings is 1. The van der Waals surface area contributed by atoms with Gasteiger partial charge in [-0.25, -0.2) is 0 Å². The zero-order chi connectivity index (χ0) is 8.55. The second-order valence-corrected chi connectivity index (χ2v) is 2.64. The van der Waals surface area contributed by atoms with Crippen LogP contribution in [0.15, 0.2) is 12.1 Å². The van der Waals surface area contributed by atoms with E-state index in [1.165, 1.54) is 0 Å². The molecule has 12 heavy (non-hydrogen) atoms. The van der Waals surface area contributed by atoms with Crippen LogP contribution in [-0.4, -0.2) is 13.0 Å². The summed E-state index contributed by atoms with van der Waals surface area (Å²) in [5.41, 5.74) is 1.75. The van der Waals surface area contributed by atoms with Gasteiger partial charge in [0.1, 0.15) is 0 Å². The maximum absolute atomic E-state index is 11.0. The Labute approximate surface area is 70.3 Å². The molecule has 0 fully saturated rings. The van der Waals surface area contributed by atoms with Crippen LogP contribution in [0.1, 0.15) is 5.56 Å². The number of carbonyl (C=O) groups is 1. The molecule has 1 N–H and O–H groups in total. The summed E-state index contributed by atoms with van der Waals surface area (Å²) in [4.78, 5) is 11.0. The fraction of sp³-hybridized carbons (Fsp3) is 0.222. The summed E-state index contributed by atoms with van der Waals surface area (Å²) in [5, 5.41) is 2.72. The van der Waals surface area contributed by atoms with Crippen LogP contribution in [-0.2, 0) is 11.2 Å². The van der Waals surface area contributed by atoms with E-state index in [0.717, 1.165) is 11.3 Å². The predicted octanol–water partition coefficient (Wildman–Crippen LogP) is 0.990. The topological polar surface area (TPSA) is 38.3 Å². The first kappa shape index (κ1) is 7.16. The third-order valence-electron chi connectivity index (χ3n) is 1.87. The van der Waals surface area contributed by atoms with Crippen molar-refractivity contribution in [1.82, 2.24) is 0 Å². The van der Waals surface area contributed by atoms with E-state index in [0.29, 0.717) is 12.2 Å². The Morgan fingerprint density at radius 3 is 3.25 bits per heavy atom. The van der Waals surface area contributed by atoms with Crippen LogP contribution >= 0.6 is 0 Å². The van der Waals surface area contributed by atoms with Crippen LogP contribution in [0.3, 0.4) is 0 Å². The van der Waals surface area contributed by atoms with Crippen LogP contribution in [0.4, 0.5) is 5.69 Å². The van der Waals surface area contributed by atoms with Gasteiger partial charge < -0.3 is 10.1 Å². The van der Waals surface area contributed by atoms with E-state index in [9.17, 15) is 4.79 Å². The zero-order valence-corrected chi connectivity index (χ0v) is 6.68. The van der Waals surface area contributed by atoms with Crippen molar-refractivity contribution < 1.29 is 9.53 Å². The molecule has 0 spiro atoms. The quantitative estimate of drug-likeness (QED) is 0.668. The minimum Gasteiger partial charge on any atom is -0.494 e. The highest BCUT2D eigenvalue weighted by Gasteiger charge is 2.20. The molecule has 3 nitrogen and oxygen atoms in total. The van der Waals surface area contributed by atoms with Gasteiger partial charge in [-0.05, 0) is 5.56 Å². The smallest absolute Gasteiger partial charge is 0.228 e. The van der Waals surface area contributed by atoms with E-state index >= 15 is 0 Å². The Balaban J connectivity index is 2.51. The number of carbonyl (C=O) groups excluding carboxylic acids is 1. The lowest BCUT2D eigenvalue weighted by molar-refractivity contribution is -0.115. The van der Waals surface area contributed by atoms with Gasteiger partial charge in [-0.3, -0.25) is 4.79 Å². The zero-order valence-electron chi connectivity index (χ0n) is 6.68. The number of fused-ring (bicyclic) bond motifs is 1. The number of amides is 1. The number of methoxy groups -OCH3 is 1. The van der Waals surface area contributed by atoms with E-state index in [2.05, 4.69) is 11.4 Å². The van der Waals surface area contributed by atoms with Gasteiger partial charge in [-0.15, -0.1) is 0 Å². The van der Waals surface area contributed by atoms with Gasteiger partial charge in [0, 0.05) is 6.07 Å². The highest BCUT2D eigenvalue weighted by Crippen LogP contribution is 2.31. The highest BCUT2D eigenvalue weighted by molar-refractivity contribution is 6.00. The molecule has 1 aliphatic rings. The molecule has 1 aromatic carbocycles. The molecule has 1 aliphatic heterocycles. The van der Waals surface area contributed by atoms with Gasteiger partial charge in [0.05, 0.1) is 19.2 Å². The number of ether oxygens (including phenoxy) is 1. The van der Waals surface area contributed by atoms with Crippen LogP contribution in [0.5, 0.6) is 5.75 Å². The molecule has 0 saturated heterocycles. The van der Waals surface area contributed by atoms with Crippen molar-refractivity contribution in [2.45, 2.75) is 6.42 Å². The third kappa shape index (κ3) is 0.942. The average Bonchev–Trinajstić information content (AvgIpc) is 2.44. The maximum atomic E-state index is 11.0. The molecular weight excluding hydrogens is 154 g/mol. The van der Waals surface area contributed by atoms with Crippen molar-refractivity contribution >= 4 is 11.6 Å². The van der Waals surface area contributed by atoms with Gasteiger partial charge in [-0.2, -0.15) is 0 Å². The number of hydrogen-bond acceptors (Lipinski definition) is 2. The predicted molar refractivity (Wildman–Crippen MR) is 44.2 cm³/mol. The summed E-state index contributed by atoms with van der Waals surface area (Å²) < 4.78 is 5.04. The number of rotatable bonds is 1. The lowest BCUT2D eigenvalue weighted by Crippen LogP contribution is -2.04. The van der Waals surface area contributed by atoms with Crippen molar-refractivity contribution in [2.24, 2.45) is 0 Å². The molecule has 0 unspecified atom stereocenters. The van der Waals surface area contributed by atoms with Crippen LogP contribution in [0.2, 0.25) is 0 Å². The monoisotopic (exact) mass is 162 g/mol. The largest absolute Gasteiger partial charge is 0.494 e. The Hall–Kier alpha value is -1.51. The van der Waals surface area contributed by atoms with Crippen molar-refractivity contribution in [3.63, 3.8) is 0 Å². The van der Waals surface area contributed by atoms with Crippen LogP contribution in [0, 0.1) is 6.07 Å². The Kier molecular flexibility index (Phi) is 1.50. The summed E-state index contributed by atoms with van der Waals surface area (Å²) in [6.45, 7) is 0. The lowest BCUT2D eigenvalue weighted by atomic mass is 10.1. The molecule has 1 amide bonds. The fourth-order valence-electron chi connectivity index (χ4n) is 1.32. The highest BCUT2D eigenvalue weighted by atomic mass is 16.5. The van der Waals surface area contributed by atoms with Gasteiger partial charge in [0.2, 0.25) is 5.91 Å². The molecule has 0 bridgehead atoms. The van der Waals surface area contributed by atoms with Gasteiger partial charge >= 0.3 is 0 Å². The van der Waals surface area contributed by atoms with Crippen molar-refractivity contribution in [1.29, 1.82) is 0 Å². The first-order valence-corrected chi connectivity index (χ1v) is 3.68. The van der Waals surface area contributed by atoms with Crippen molar-refractivity contribution in [2.75, 3.05) is 12.4 Å². The normalized spacial score (nSPS) is 13.9. The van der Waals surface area contributed by atoms with E-state index in [1.54, 1.807) is 13.2 Å². The molecule has 1 heterocycles. The average molecular weight is 162 g/mol. The van der Waals surface area contributed by atoms with Crippen LogP contribution < -0.4 is 10.1 Å². The molecule has 2 rings (SSSR count). The van der Waals surface area contributed by atoms with Gasteiger partial charge in [-0.1, -0.05) is 12.1 Å². The summed E-state index contributed by atoms with van der Waals surface area (Å²) in [6, 6.07) is 6.53. The fourth-order valence-corrected chi connectivity index (χ4v) is 1.32. The Morgan fingerprint density at radius 1 is 1.67 bits per heavy atom. The van der Waals surface area contributed by atoms with E-state index in [-0.39, 0.29) is 5.91 Å². The molecular formula is C9H8NO2. The van der Waals surface area contributed by atoms with E-state index < -0.39 is 0 Å². The molecule has 0 aromatic heterocycles. The molecule has 61 valence electrons. The summed E-state index contributed by atoms with van der Waals surface area (Å²) >= 11 is 0. The second-order valence-electron chi connectivity index (χ2n) is 2.64. The first-order chi connectivity index (χ1) is 5.81. The third-order valence-corrected chi connectivity index (χ3v) is 1.87. The summed E-state index contributed by atoms with van der Waals surface area (Å²) in [6.07, 6.45) is 0.445. The van der Waals surface area contributed by atoms with Crippen molar-refractivity contribution in [3.05, 3.63) is 23.8 Å².